The number of aromatic amines is 1. The van der Waals surface area contributed by atoms with Gasteiger partial charge in [-0.1, -0.05) is 12.2 Å². The van der Waals surface area contributed by atoms with Gasteiger partial charge in [0.15, 0.2) is 0 Å². The van der Waals surface area contributed by atoms with Crippen LogP contribution >= 0.6 is 0 Å². The summed E-state index contributed by atoms with van der Waals surface area (Å²) < 4.78 is 0. The molecule has 1 rings (SSSR count). The van der Waals surface area contributed by atoms with Crippen molar-refractivity contribution in [2.24, 2.45) is 0 Å². The molecule has 0 aliphatic carbocycles. The fourth-order valence-corrected chi connectivity index (χ4v) is 1.71. The second-order valence-corrected chi connectivity index (χ2v) is 4.59. The van der Waals surface area contributed by atoms with E-state index in [4.69, 9.17) is 0 Å². The molecule has 0 aliphatic rings. The Morgan fingerprint density at radius 1 is 1.60 bits per heavy atom. The Bertz CT molecular complexity index is 470. The van der Waals surface area contributed by atoms with Gasteiger partial charge in [0.25, 0.3) is 0 Å². The molecule has 1 aromatic heterocycles. The molecule has 7 heteroatoms. The average molecular weight is 280 g/mol. The molecule has 0 unspecified atom stereocenters. The van der Waals surface area contributed by atoms with Gasteiger partial charge in [0.1, 0.15) is 6.04 Å². The second kappa shape index (κ2) is 7.32. The molecule has 1 aromatic rings. The third-order valence-corrected chi connectivity index (χ3v) is 2.70. The Morgan fingerprint density at radius 2 is 2.30 bits per heavy atom. The van der Waals surface area contributed by atoms with Crippen LogP contribution in [0.1, 0.15) is 19.5 Å². The number of carboxylic acid groups (broad SMARTS) is 1. The van der Waals surface area contributed by atoms with Crippen LogP contribution in [-0.2, 0) is 11.2 Å². The van der Waals surface area contributed by atoms with E-state index in [2.05, 4.69) is 21.9 Å². The van der Waals surface area contributed by atoms with Crippen LogP contribution < -0.4 is 5.32 Å². The number of nitrogens with one attached hydrogen (secondary N) is 2. The number of carbonyl (C=O) groups excluding carboxylic acids is 1. The standard InChI is InChI=1S/C13H20N4O3/c1-4-17(7-9(2)3)13(20)16-11(12(18)19)5-10-6-14-8-15-10/h6,8,11H,2,4-5,7H2,1,3H3,(H,14,15)(H,16,20)(H,18,19)/t11-/m1/s1. The van der Waals surface area contributed by atoms with Crippen LogP contribution in [0.25, 0.3) is 0 Å². The lowest BCUT2D eigenvalue weighted by molar-refractivity contribution is -0.139. The van der Waals surface area contributed by atoms with Gasteiger partial charge < -0.3 is 20.3 Å². The monoisotopic (exact) mass is 280 g/mol. The van der Waals surface area contributed by atoms with Gasteiger partial charge in [-0.05, 0) is 13.8 Å². The molecule has 0 spiro atoms. The number of aliphatic carboxylic acids is 1. The maximum Gasteiger partial charge on any atom is 0.326 e. The van der Waals surface area contributed by atoms with Crippen molar-refractivity contribution >= 4 is 12.0 Å². The van der Waals surface area contributed by atoms with Crippen LogP contribution in [0.2, 0.25) is 0 Å². The molecular formula is C13H20N4O3. The van der Waals surface area contributed by atoms with E-state index >= 15 is 0 Å². The van der Waals surface area contributed by atoms with E-state index in [9.17, 15) is 14.7 Å². The molecule has 0 saturated carbocycles. The number of carboxylic acids is 1. The van der Waals surface area contributed by atoms with Gasteiger partial charge in [0.05, 0.1) is 6.33 Å². The smallest absolute Gasteiger partial charge is 0.326 e. The maximum atomic E-state index is 12.0. The largest absolute Gasteiger partial charge is 0.480 e. The number of hydrogen-bond donors (Lipinski definition) is 3. The van der Waals surface area contributed by atoms with E-state index in [1.807, 2.05) is 13.8 Å². The first-order chi connectivity index (χ1) is 9.43. The minimum Gasteiger partial charge on any atom is -0.480 e. The van der Waals surface area contributed by atoms with Gasteiger partial charge >= 0.3 is 12.0 Å². The van der Waals surface area contributed by atoms with E-state index < -0.39 is 18.0 Å². The number of amides is 2. The van der Waals surface area contributed by atoms with Crippen molar-refractivity contribution in [1.29, 1.82) is 0 Å². The highest BCUT2D eigenvalue weighted by molar-refractivity contribution is 5.82. The fourth-order valence-electron chi connectivity index (χ4n) is 1.71. The Morgan fingerprint density at radius 3 is 2.75 bits per heavy atom. The highest BCUT2D eigenvalue weighted by atomic mass is 16.4. The van der Waals surface area contributed by atoms with E-state index in [1.165, 1.54) is 17.4 Å². The van der Waals surface area contributed by atoms with E-state index in [0.717, 1.165) is 5.57 Å². The summed E-state index contributed by atoms with van der Waals surface area (Å²) in [5.74, 6) is -1.08. The Hall–Kier alpha value is -2.31. The van der Waals surface area contributed by atoms with E-state index in [0.29, 0.717) is 18.8 Å². The molecule has 7 nitrogen and oxygen atoms in total. The number of likely N-dealkylation sites (N-methyl/N-ethyl adjacent to an activating group) is 1. The van der Waals surface area contributed by atoms with Crippen LogP contribution in [0.5, 0.6) is 0 Å². The fraction of sp³-hybridized carbons (Fsp3) is 0.462. The first kappa shape index (κ1) is 15.7. The van der Waals surface area contributed by atoms with Crippen LogP contribution in [0.4, 0.5) is 4.79 Å². The zero-order valence-corrected chi connectivity index (χ0v) is 11.7. The maximum absolute atomic E-state index is 12.0. The zero-order chi connectivity index (χ0) is 15.1. The molecule has 0 aliphatic heterocycles. The summed E-state index contributed by atoms with van der Waals surface area (Å²) >= 11 is 0. The van der Waals surface area contributed by atoms with Crippen molar-refractivity contribution in [3.8, 4) is 0 Å². The molecular weight excluding hydrogens is 260 g/mol. The minimum absolute atomic E-state index is 0.158. The number of aromatic nitrogens is 2. The van der Waals surface area contributed by atoms with Gasteiger partial charge in [-0.25, -0.2) is 14.6 Å². The Labute approximate surface area is 117 Å². The molecule has 0 saturated heterocycles. The highest BCUT2D eigenvalue weighted by Crippen LogP contribution is 2.02. The van der Waals surface area contributed by atoms with Crippen LogP contribution in [0.15, 0.2) is 24.7 Å². The molecule has 1 heterocycles. The molecule has 0 aromatic carbocycles. The van der Waals surface area contributed by atoms with Gasteiger partial charge in [-0.15, -0.1) is 0 Å². The summed E-state index contributed by atoms with van der Waals surface area (Å²) in [6, 6.07) is -1.41. The van der Waals surface area contributed by atoms with Gasteiger partial charge in [-0.3, -0.25) is 0 Å². The third kappa shape index (κ3) is 4.75. The molecule has 0 bridgehead atoms. The van der Waals surface area contributed by atoms with Gasteiger partial charge in [-0.2, -0.15) is 0 Å². The van der Waals surface area contributed by atoms with Crippen LogP contribution in [0.3, 0.4) is 0 Å². The number of hydrogen-bond acceptors (Lipinski definition) is 3. The summed E-state index contributed by atoms with van der Waals surface area (Å²) in [7, 11) is 0. The summed E-state index contributed by atoms with van der Waals surface area (Å²) in [5.41, 5.74) is 1.49. The molecule has 0 fully saturated rings. The first-order valence-corrected chi connectivity index (χ1v) is 6.34. The lowest BCUT2D eigenvalue weighted by Gasteiger charge is -2.23. The van der Waals surface area contributed by atoms with E-state index in [-0.39, 0.29) is 6.42 Å². The summed E-state index contributed by atoms with van der Waals surface area (Å²) in [6.07, 6.45) is 3.16. The summed E-state index contributed by atoms with van der Waals surface area (Å²) in [6.45, 7) is 8.27. The summed E-state index contributed by atoms with van der Waals surface area (Å²) in [5, 5.41) is 11.7. The highest BCUT2D eigenvalue weighted by Gasteiger charge is 2.23. The van der Waals surface area contributed by atoms with Crippen molar-refractivity contribution < 1.29 is 14.7 Å². The van der Waals surface area contributed by atoms with E-state index in [1.54, 1.807) is 0 Å². The van der Waals surface area contributed by atoms with Gasteiger partial charge in [0.2, 0.25) is 0 Å². The number of nitrogens with zero attached hydrogens (tertiary/aromatic N) is 2. The molecule has 0 radical (unpaired) electrons. The summed E-state index contributed by atoms with van der Waals surface area (Å²) in [4.78, 5) is 31.4. The average Bonchev–Trinajstić information content (AvgIpc) is 2.87. The van der Waals surface area contributed by atoms with Gasteiger partial charge in [0, 0.05) is 31.4 Å². The number of imidazole rings is 1. The number of urea groups is 1. The quantitative estimate of drug-likeness (QED) is 0.649. The lowest BCUT2D eigenvalue weighted by Crippen LogP contribution is -2.49. The Kier molecular flexibility index (Phi) is 5.76. The molecule has 1 atom stereocenters. The van der Waals surface area contributed by atoms with Crippen molar-refractivity contribution in [3.63, 3.8) is 0 Å². The predicted octanol–water partition coefficient (Wildman–Crippen LogP) is 1.01. The Balaban J connectivity index is 2.67. The second-order valence-electron chi connectivity index (χ2n) is 4.59. The third-order valence-electron chi connectivity index (χ3n) is 2.70. The minimum atomic E-state index is -1.08. The number of carbonyl (C=O) groups is 2. The first-order valence-electron chi connectivity index (χ1n) is 6.34. The SMILES string of the molecule is C=C(C)CN(CC)C(=O)N[C@H](Cc1cnc[nH]1)C(=O)O. The number of rotatable bonds is 7. The van der Waals surface area contributed by atoms with Crippen LogP contribution in [-0.4, -0.2) is 51.1 Å². The van der Waals surface area contributed by atoms with Crippen molar-refractivity contribution in [2.45, 2.75) is 26.3 Å². The van der Waals surface area contributed by atoms with Crippen molar-refractivity contribution in [3.05, 3.63) is 30.4 Å². The normalized spacial score (nSPS) is 11.7. The number of H-pyrrole nitrogens is 1. The van der Waals surface area contributed by atoms with Crippen molar-refractivity contribution in [1.82, 2.24) is 20.2 Å². The van der Waals surface area contributed by atoms with Crippen molar-refractivity contribution in [2.75, 3.05) is 13.1 Å². The lowest BCUT2D eigenvalue weighted by atomic mass is 10.1. The molecule has 3 N–H and O–H groups in total. The molecule has 20 heavy (non-hydrogen) atoms. The predicted molar refractivity (Wildman–Crippen MR) is 74.3 cm³/mol. The van der Waals surface area contributed by atoms with Crippen LogP contribution in [0, 0.1) is 0 Å². The zero-order valence-electron chi connectivity index (χ0n) is 11.7. The molecule has 2 amide bonds. The topological polar surface area (TPSA) is 98.3 Å². The molecule has 110 valence electrons.